The topological polar surface area (TPSA) is 78.9 Å². The lowest BCUT2D eigenvalue weighted by atomic mass is 10.0. The Morgan fingerprint density at radius 2 is 0.577 bits per heavy atom. The molecule has 0 aromatic rings. The molecule has 0 saturated heterocycles. The van der Waals surface area contributed by atoms with Crippen LogP contribution in [0.3, 0.4) is 0 Å². The van der Waals surface area contributed by atoms with Gasteiger partial charge in [-0.15, -0.1) is 0 Å². The van der Waals surface area contributed by atoms with Crippen molar-refractivity contribution in [2.75, 3.05) is 13.2 Å². The summed E-state index contributed by atoms with van der Waals surface area (Å²) >= 11 is 0. The first kappa shape index (κ1) is 67.6. The summed E-state index contributed by atoms with van der Waals surface area (Å²) in [4.78, 5) is 38.2. The second-order valence-corrected chi connectivity index (χ2v) is 19.9. The lowest BCUT2D eigenvalue weighted by Crippen LogP contribution is -2.30. The molecular formula is C65H112O6. The number of ether oxygens (including phenoxy) is 3. The van der Waals surface area contributed by atoms with Crippen molar-refractivity contribution in [1.82, 2.24) is 0 Å². The van der Waals surface area contributed by atoms with Crippen molar-refractivity contribution < 1.29 is 28.6 Å². The van der Waals surface area contributed by atoms with Crippen molar-refractivity contribution in [2.24, 2.45) is 0 Å². The SMILES string of the molecule is CC/C=C\C/C=C\C/C=C\C/C=C\C/C=C\C/C=C\CCC(=O)OC(COC(=O)CCCCCCCCCCC/C=C\CCCCCCCCCC)COC(=O)CCCCCCCCCCCCCCC. The van der Waals surface area contributed by atoms with Crippen LogP contribution in [-0.4, -0.2) is 37.2 Å². The third-order valence-electron chi connectivity index (χ3n) is 12.9. The van der Waals surface area contributed by atoms with Gasteiger partial charge in [-0.3, -0.25) is 14.4 Å². The number of esters is 3. The van der Waals surface area contributed by atoms with Gasteiger partial charge >= 0.3 is 17.9 Å². The van der Waals surface area contributed by atoms with Gasteiger partial charge in [0.15, 0.2) is 6.10 Å². The zero-order valence-electron chi connectivity index (χ0n) is 46.7. The van der Waals surface area contributed by atoms with Crippen molar-refractivity contribution in [3.63, 3.8) is 0 Å². The second-order valence-electron chi connectivity index (χ2n) is 19.9. The van der Waals surface area contributed by atoms with Gasteiger partial charge in [-0.2, -0.15) is 0 Å². The fourth-order valence-electron chi connectivity index (χ4n) is 8.41. The minimum absolute atomic E-state index is 0.105. The highest BCUT2D eigenvalue weighted by atomic mass is 16.6. The molecule has 0 aromatic heterocycles. The van der Waals surface area contributed by atoms with Gasteiger partial charge in [0.25, 0.3) is 0 Å². The van der Waals surface area contributed by atoms with Crippen LogP contribution in [0.4, 0.5) is 0 Å². The van der Waals surface area contributed by atoms with E-state index in [9.17, 15) is 14.4 Å². The van der Waals surface area contributed by atoms with Crippen LogP contribution in [0.15, 0.2) is 85.1 Å². The predicted molar refractivity (Wildman–Crippen MR) is 307 cm³/mol. The Bertz CT molecular complexity index is 1370. The molecule has 0 amide bonds. The second kappa shape index (κ2) is 59.2. The van der Waals surface area contributed by atoms with Gasteiger partial charge in [-0.1, -0.05) is 273 Å². The standard InChI is InChI=1S/C65H112O6/c1-4-7-10-13-16-19-22-25-27-29-31-32-34-35-37-40-43-46-49-52-55-58-64(67)70-61-62(60-69-63(66)57-54-51-48-45-42-39-24-21-18-15-12-9-6-3)71-65(68)59-56-53-50-47-44-41-38-36-33-30-28-26-23-20-17-14-11-8-5-2/h8,11,17,20,26,28-29,31,33,36,41,44,50,53,62H,4-7,9-10,12-16,18-19,21-25,27,30,32,34-35,37-40,42-43,45-49,51-52,54-61H2,1-3H3/b11-8-,20-17-,28-26-,31-29-,36-33-,44-41-,53-50-. The number of carbonyl (C=O) groups is 3. The number of rotatable bonds is 54. The molecule has 0 aliphatic rings. The normalized spacial score (nSPS) is 12.7. The van der Waals surface area contributed by atoms with E-state index in [1.54, 1.807) is 0 Å². The maximum absolute atomic E-state index is 12.8. The van der Waals surface area contributed by atoms with Crippen LogP contribution in [0.1, 0.15) is 290 Å². The quantitative estimate of drug-likeness (QED) is 0.0261. The lowest BCUT2D eigenvalue weighted by Gasteiger charge is -2.18. The van der Waals surface area contributed by atoms with Crippen LogP contribution in [0.5, 0.6) is 0 Å². The van der Waals surface area contributed by atoms with Gasteiger partial charge in [0.05, 0.1) is 0 Å². The summed E-state index contributed by atoms with van der Waals surface area (Å²) in [5, 5.41) is 0. The van der Waals surface area contributed by atoms with Crippen molar-refractivity contribution in [1.29, 1.82) is 0 Å². The maximum Gasteiger partial charge on any atom is 0.306 e. The first-order chi connectivity index (χ1) is 35.0. The van der Waals surface area contributed by atoms with E-state index in [-0.39, 0.29) is 37.5 Å². The van der Waals surface area contributed by atoms with E-state index in [1.165, 1.54) is 167 Å². The molecule has 0 spiro atoms. The summed E-state index contributed by atoms with van der Waals surface area (Å²) in [6.07, 6.45) is 77.4. The third-order valence-corrected chi connectivity index (χ3v) is 12.9. The molecule has 1 unspecified atom stereocenters. The maximum atomic E-state index is 12.8. The van der Waals surface area contributed by atoms with Gasteiger partial charge in [-0.05, 0) is 83.5 Å². The van der Waals surface area contributed by atoms with E-state index in [1.807, 2.05) is 6.08 Å². The van der Waals surface area contributed by atoms with E-state index >= 15 is 0 Å². The molecule has 6 nitrogen and oxygen atoms in total. The molecule has 0 rings (SSSR count). The molecule has 0 saturated carbocycles. The van der Waals surface area contributed by atoms with Crippen LogP contribution in [0, 0.1) is 0 Å². The lowest BCUT2D eigenvalue weighted by molar-refractivity contribution is -0.166. The first-order valence-corrected chi connectivity index (χ1v) is 30.1. The van der Waals surface area contributed by atoms with E-state index in [4.69, 9.17) is 14.2 Å². The van der Waals surface area contributed by atoms with Crippen LogP contribution in [-0.2, 0) is 28.6 Å². The van der Waals surface area contributed by atoms with Gasteiger partial charge < -0.3 is 14.2 Å². The zero-order valence-corrected chi connectivity index (χ0v) is 46.7. The Hall–Kier alpha value is -3.41. The Kier molecular flexibility index (Phi) is 56.3. The summed E-state index contributed by atoms with van der Waals surface area (Å²) in [6.45, 7) is 6.49. The molecule has 1 atom stereocenters. The van der Waals surface area contributed by atoms with Crippen LogP contribution >= 0.6 is 0 Å². The average molecular weight is 990 g/mol. The summed E-state index contributed by atoms with van der Waals surface area (Å²) in [5.74, 6) is -0.983. The van der Waals surface area contributed by atoms with Crippen molar-refractivity contribution >= 4 is 17.9 Å². The largest absolute Gasteiger partial charge is 0.462 e. The molecule has 0 bridgehead atoms. The zero-order chi connectivity index (χ0) is 51.4. The number of hydrogen-bond donors (Lipinski definition) is 0. The summed E-state index contributed by atoms with van der Waals surface area (Å²) in [6, 6.07) is 0. The molecule has 0 heterocycles. The molecule has 6 heteroatoms. The first-order valence-electron chi connectivity index (χ1n) is 30.1. The third kappa shape index (κ3) is 57.4. The number of unbranched alkanes of at least 4 members (excludes halogenated alkanes) is 29. The average Bonchev–Trinajstić information content (AvgIpc) is 3.37. The van der Waals surface area contributed by atoms with E-state index < -0.39 is 6.10 Å². The van der Waals surface area contributed by atoms with Gasteiger partial charge in [-0.25, -0.2) is 0 Å². The minimum Gasteiger partial charge on any atom is -0.462 e. The molecule has 71 heavy (non-hydrogen) atoms. The molecular weight excluding hydrogens is 877 g/mol. The van der Waals surface area contributed by atoms with Crippen LogP contribution in [0.2, 0.25) is 0 Å². The van der Waals surface area contributed by atoms with Gasteiger partial charge in [0, 0.05) is 19.3 Å². The van der Waals surface area contributed by atoms with Gasteiger partial charge in [0.1, 0.15) is 13.2 Å². The molecule has 408 valence electrons. The molecule has 0 fully saturated rings. The molecule has 0 aliphatic carbocycles. The highest BCUT2D eigenvalue weighted by molar-refractivity contribution is 5.71. The Morgan fingerprint density at radius 1 is 0.296 bits per heavy atom. The van der Waals surface area contributed by atoms with E-state index in [0.29, 0.717) is 19.3 Å². The predicted octanol–water partition coefficient (Wildman–Crippen LogP) is 20.3. The van der Waals surface area contributed by atoms with Crippen LogP contribution < -0.4 is 0 Å². The number of allylic oxidation sites excluding steroid dienone is 14. The van der Waals surface area contributed by atoms with Crippen molar-refractivity contribution in [3.05, 3.63) is 85.1 Å². The molecule has 0 N–H and O–H groups in total. The number of carbonyl (C=O) groups excluding carboxylic acids is 3. The highest BCUT2D eigenvalue weighted by Gasteiger charge is 2.19. The minimum atomic E-state index is -0.817. The van der Waals surface area contributed by atoms with Gasteiger partial charge in [0.2, 0.25) is 0 Å². The van der Waals surface area contributed by atoms with Crippen molar-refractivity contribution in [2.45, 2.75) is 297 Å². The molecule has 0 radical (unpaired) electrons. The van der Waals surface area contributed by atoms with Crippen molar-refractivity contribution in [3.8, 4) is 0 Å². The smallest absolute Gasteiger partial charge is 0.306 e. The Labute approximate surface area is 439 Å². The fourth-order valence-corrected chi connectivity index (χ4v) is 8.41. The Morgan fingerprint density at radius 3 is 0.915 bits per heavy atom. The molecule has 0 aliphatic heterocycles. The Balaban J connectivity index is 4.44. The van der Waals surface area contributed by atoms with E-state index in [2.05, 4.69) is 99.8 Å². The monoisotopic (exact) mass is 989 g/mol. The summed E-state index contributed by atoms with van der Waals surface area (Å²) < 4.78 is 16.8. The number of hydrogen-bond acceptors (Lipinski definition) is 6. The molecule has 0 aromatic carbocycles. The fraction of sp³-hybridized carbons (Fsp3) is 0.738. The van der Waals surface area contributed by atoms with E-state index in [0.717, 1.165) is 77.0 Å². The summed E-state index contributed by atoms with van der Waals surface area (Å²) in [5.41, 5.74) is 0. The highest BCUT2D eigenvalue weighted by Crippen LogP contribution is 2.16. The summed E-state index contributed by atoms with van der Waals surface area (Å²) in [7, 11) is 0. The van der Waals surface area contributed by atoms with Crippen LogP contribution in [0.25, 0.3) is 0 Å².